The van der Waals surface area contributed by atoms with Gasteiger partial charge in [0.2, 0.25) is 0 Å². The van der Waals surface area contributed by atoms with E-state index < -0.39 is 19.8 Å². The van der Waals surface area contributed by atoms with Gasteiger partial charge in [0.15, 0.2) is 0 Å². The van der Waals surface area contributed by atoms with Crippen molar-refractivity contribution in [1.82, 2.24) is 9.97 Å². The van der Waals surface area contributed by atoms with Crippen LogP contribution in [0, 0.1) is 23.8 Å². The molecule has 4 aromatic carbocycles. The van der Waals surface area contributed by atoms with Gasteiger partial charge in [0, 0.05) is 38.1 Å². The fourth-order valence-electron chi connectivity index (χ4n) is 5.20. The fourth-order valence-corrected chi connectivity index (χ4v) is 7.49. The van der Waals surface area contributed by atoms with Gasteiger partial charge in [-0.3, -0.25) is 4.98 Å². The van der Waals surface area contributed by atoms with E-state index in [1.54, 1.807) is 26.0 Å². The molecule has 0 aliphatic carbocycles. The molecular weight excluding hydrogens is 775 g/mol. The Morgan fingerprint density at radius 2 is 1.60 bits per heavy atom. The van der Waals surface area contributed by atoms with Gasteiger partial charge < -0.3 is 4.98 Å². The molecule has 0 saturated heterocycles. The number of benzene rings is 4. The summed E-state index contributed by atoms with van der Waals surface area (Å²) in [7, 11) is -1.23. The first kappa shape index (κ1) is 31.4. The number of pyridine rings is 2. The Balaban J connectivity index is 0.000000209. The van der Waals surface area contributed by atoms with Crippen LogP contribution in [0.1, 0.15) is 26.7 Å². The summed E-state index contributed by atoms with van der Waals surface area (Å²) in [5, 5.41) is 5.34. The largest absolute Gasteiger partial charge is 0.305 e. The SMILES string of the molecule is C[Si](C)(C)c1ccc(-c2[c-]cccc2)nc1.[2H]C(C)(C)c1cc(-c2[c-]c3ccccc3c3c2sc2cc(F)ccc23)ncc1F.[Ir]. The topological polar surface area (TPSA) is 25.8 Å². The zero-order valence-corrected chi connectivity index (χ0v) is 29.8. The third-order valence-corrected chi connectivity index (χ3v) is 10.8. The van der Waals surface area contributed by atoms with Crippen LogP contribution in [0.2, 0.25) is 19.6 Å². The van der Waals surface area contributed by atoms with Crippen LogP contribution in [0.15, 0.2) is 97.3 Å². The number of thiophene rings is 1. The van der Waals surface area contributed by atoms with Crippen LogP contribution in [0.5, 0.6) is 0 Å². The minimum absolute atomic E-state index is 0. The second-order valence-corrected chi connectivity index (χ2v) is 18.1. The summed E-state index contributed by atoms with van der Waals surface area (Å²) in [6.45, 7) is 10.3. The van der Waals surface area contributed by atoms with Crippen molar-refractivity contribution in [3.8, 4) is 22.5 Å². The third kappa shape index (κ3) is 6.82. The van der Waals surface area contributed by atoms with Crippen molar-refractivity contribution in [2.75, 3.05) is 0 Å². The van der Waals surface area contributed by atoms with E-state index in [0.717, 1.165) is 47.8 Å². The predicted octanol–water partition coefficient (Wildman–Crippen LogP) is 10.6. The molecule has 3 heterocycles. The molecule has 0 spiro atoms. The Kier molecular flexibility index (Phi) is 9.34. The van der Waals surface area contributed by atoms with Gasteiger partial charge in [-0.1, -0.05) is 92.3 Å². The van der Waals surface area contributed by atoms with Gasteiger partial charge in [0.25, 0.3) is 0 Å². The molecule has 0 aliphatic heterocycles. The second kappa shape index (κ2) is 13.4. The standard InChI is InChI=1S/C24H16F2NS.C14H16NSi.Ir/c1-13(2)18-11-21(27-12-20(18)26)19-9-14-5-3-4-6-16(14)23-17-8-7-15(25)10-22(17)28-24(19)23;1-16(2,3)13-9-10-14(15-11-13)12-7-5-4-6-8-12;/h3-8,10-13H,1-2H3;4-7,9-11H,1-3H3;/q2*-1;/i13D;;. The number of halogens is 2. The van der Waals surface area contributed by atoms with Gasteiger partial charge in [-0.15, -0.1) is 53.4 Å². The molecule has 3 aromatic heterocycles. The summed E-state index contributed by atoms with van der Waals surface area (Å²) < 4.78 is 38.2. The molecule has 0 fully saturated rings. The summed E-state index contributed by atoms with van der Waals surface area (Å²) in [6, 6.07) is 33.2. The minimum Gasteiger partial charge on any atom is -0.305 e. The van der Waals surface area contributed by atoms with E-state index in [0.29, 0.717) is 5.69 Å². The number of aromatic nitrogens is 2. The maximum Gasteiger partial charge on any atom is 0.143 e. The van der Waals surface area contributed by atoms with Gasteiger partial charge >= 0.3 is 0 Å². The van der Waals surface area contributed by atoms with Crippen molar-refractivity contribution in [2.24, 2.45) is 0 Å². The smallest absolute Gasteiger partial charge is 0.143 e. The van der Waals surface area contributed by atoms with Gasteiger partial charge in [-0.05, 0) is 44.6 Å². The zero-order valence-electron chi connectivity index (χ0n) is 26.6. The van der Waals surface area contributed by atoms with Crippen molar-refractivity contribution in [3.63, 3.8) is 0 Å². The first-order chi connectivity index (χ1) is 21.4. The van der Waals surface area contributed by atoms with E-state index in [1.807, 2.05) is 54.7 Å². The average Bonchev–Trinajstić information content (AvgIpc) is 3.40. The van der Waals surface area contributed by atoms with Crippen LogP contribution in [0.25, 0.3) is 53.5 Å². The average molecular weight is 808 g/mol. The molecule has 0 bridgehead atoms. The normalized spacial score (nSPS) is 12.0. The Labute approximate surface area is 283 Å². The Bertz CT molecular complexity index is 2160. The first-order valence-corrected chi connectivity index (χ1v) is 18.8. The van der Waals surface area contributed by atoms with E-state index in [1.165, 1.54) is 34.9 Å². The summed E-state index contributed by atoms with van der Waals surface area (Å²) in [6.07, 6.45) is 3.19. The summed E-state index contributed by atoms with van der Waals surface area (Å²) in [4.78, 5) is 8.83. The van der Waals surface area contributed by atoms with Crippen molar-refractivity contribution >= 4 is 55.5 Å². The van der Waals surface area contributed by atoms with Crippen LogP contribution in [-0.4, -0.2) is 18.0 Å². The van der Waals surface area contributed by atoms with E-state index >= 15 is 0 Å². The summed E-state index contributed by atoms with van der Waals surface area (Å²) in [5.74, 6) is -1.87. The van der Waals surface area contributed by atoms with E-state index in [4.69, 9.17) is 1.37 Å². The van der Waals surface area contributed by atoms with Crippen molar-refractivity contribution in [2.45, 2.75) is 39.4 Å². The summed E-state index contributed by atoms with van der Waals surface area (Å²) in [5.41, 5.74) is 3.65. The molecule has 0 amide bonds. The van der Waals surface area contributed by atoms with Crippen LogP contribution in [0.4, 0.5) is 8.78 Å². The van der Waals surface area contributed by atoms with Crippen molar-refractivity contribution in [3.05, 3.63) is 127 Å². The van der Waals surface area contributed by atoms with Crippen LogP contribution >= 0.6 is 11.3 Å². The monoisotopic (exact) mass is 808 g/mol. The first-order valence-electron chi connectivity index (χ1n) is 15.0. The van der Waals surface area contributed by atoms with Gasteiger partial charge in [0.05, 0.1) is 14.3 Å². The fraction of sp³-hybridized carbons (Fsp3) is 0.158. The molecular formula is C38H32F2IrN2SSi-2. The molecule has 2 nitrogen and oxygen atoms in total. The molecule has 45 heavy (non-hydrogen) atoms. The Hall–Kier alpha value is -3.61. The van der Waals surface area contributed by atoms with E-state index in [-0.39, 0.29) is 31.5 Å². The zero-order chi connectivity index (χ0) is 31.9. The third-order valence-electron chi connectivity index (χ3n) is 7.60. The van der Waals surface area contributed by atoms with Gasteiger partial charge in [0.1, 0.15) is 11.6 Å². The number of nitrogens with zero attached hydrogens (tertiary/aromatic N) is 2. The van der Waals surface area contributed by atoms with E-state index in [9.17, 15) is 8.78 Å². The Morgan fingerprint density at radius 1 is 0.844 bits per heavy atom. The Morgan fingerprint density at radius 3 is 2.29 bits per heavy atom. The van der Waals surface area contributed by atoms with Crippen LogP contribution in [-0.2, 0) is 20.1 Å². The molecule has 0 unspecified atom stereocenters. The molecule has 1 radical (unpaired) electrons. The summed E-state index contributed by atoms with van der Waals surface area (Å²) >= 11 is 1.48. The maximum atomic E-state index is 14.3. The molecule has 7 aromatic rings. The molecule has 229 valence electrons. The molecule has 0 saturated carbocycles. The van der Waals surface area contributed by atoms with Crippen molar-refractivity contribution < 1.29 is 30.3 Å². The van der Waals surface area contributed by atoms with Gasteiger partial charge in [-0.2, -0.15) is 11.3 Å². The number of rotatable bonds is 4. The van der Waals surface area contributed by atoms with E-state index in [2.05, 4.69) is 53.9 Å². The minimum atomic E-state index is -1.23. The number of hydrogen-bond acceptors (Lipinski definition) is 3. The molecule has 0 aliphatic rings. The molecule has 0 N–H and O–H groups in total. The van der Waals surface area contributed by atoms with Crippen LogP contribution < -0.4 is 5.19 Å². The van der Waals surface area contributed by atoms with Crippen molar-refractivity contribution in [1.29, 1.82) is 0 Å². The molecule has 7 rings (SSSR count). The van der Waals surface area contributed by atoms with Crippen LogP contribution in [0.3, 0.4) is 0 Å². The van der Waals surface area contributed by atoms with Gasteiger partial charge in [-0.25, -0.2) is 8.78 Å². The maximum absolute atomic E-state index is 14.3. The molecule has 7 heteroatoms. The quantitative estimate of drug-likeness (QED) is 0.131. The molecule has 0 atom stereocenters. The predicted molar refractivity (Wildman–Crippen MR) is 184 cm³/mol. The number of fused-ring (bicyclic) bond motifs is 5. The number of hydrogen-bond donors (Lipinski definition) is 0. The second-order valence-electron chi connectivity index (χ2n) is 12.0.